The molecule has 1 aliphatic heterocycles. The number of carbonyl (C=O) groups excluding carboxylic acids is 1. The van der Waals surface area contributed by atoms with E-state index in [0.29, 0.717) is 18.2 Å². The molecule has 8 nitrogen and oxygen atoms in total. The Morgan fingerprint density at radius 3 is 2.70 bits per heavy atom. The Kier molecular flexibility index (Phi) is 5.05. The van der Waals surface area contributed by atoms with E-state index in [9.17, 15) is 13.6 Å². The molecule has 0 aromatic carbocycles. The number of pyridine rings is 1. The molecule has 2 aliphatic rings. The van der Waals surface area contributed by atoms with Gasteiger partial charge < -0.3 is 19.7 Å². The minimum Gasteiger partial charge on any atom is -0.461 e. The number of nitrogens with one attached hydrogen (secondary N) is 1. The Morgan fingerprint density at radius 2 is 2.07 bits per heavy atom. The second kappa shape index (κ2) is 7.42. The zero-order chi connectivity index (χ0) is 21.5. The summed E-state index contributed by atoms with van der Waals surface area (Å²) in [4.78, 5) is 25.9. The molecule has 10 heteroatoms. The number of hydrogen-bond acceptors (Lipinski definition) is 7. The fourth-order valence-electron chi connectivity index (χ4n) is 3.64. The van der Waals surface area contributed by atoms with Crippen molar-refractivity contribution in [2.24, 2.45) is 0 Å². The number of aromatic nitrogens is 3. The SMILES string of the molecule is COCCOc1nc(N2CC3(CC3)c3cnc(NC(C)=O)cc32)cc(C(C)(F)F)n1. The number of alkyl halides is 2. The highest BCUT2D eigenvalue weighted by atomic mass is 19.3. The number of anilines is 3. The normalized spacial score (nSPS) is 16.5. The van der Waals surface area contributed by atoms with Crippen LogP contribution in [0.1, 0.15) is 37.9 Å². The van der Waals surface area contributed by atoms with E-state index in [1.165, 1.54) is 20.1 Å². The second-order valence-electron chi connectivity index (χ2n) is 7.76. The Morgan fingerprint density at radius 1 is 1.30 bits per heavy atom. The van der Waals surface area contributed by atoms with Crippen molar-refractivity contribution < 1.29 is 23.0 Å². The number of fused-ring (bicyclic) bond motifs is 2. The third kappa shape index (κ3) is 3.91. The van der Waals surface area contributed by atoms with Crippen LogP contribution in [0.2, 0.25) is 0 Å². The van der Waals surface area contributed by atoms with Gasteiger partial charge in [0.05, 0.1) is 12.3 Å². The molecule has 1 amide bonds. The zero-order valence-electron chi connectivity index (χ0n) is 17.0. The van der Waals surface area contributed by atoms with Crippen molar-refractivity contribution in [3.05, 3.63) is 29.6 Å². The molecule has 0 unspecified atom stereocenters. The fraction of sp³-hybridized carbons (Fsp3) is 0.500. The summed E-state index contributed by atoms with van der Waals surface area (Å²) < 4.78 is 38.6. The van der Waals surface area contributed by atoms with E-state index in [4.69, 9.17) is 9.47 Å². The molecule has 2 aromatic heterocycles. The van der Waals surface area contributed by atoms with Crippen LogP contribution in [-0.4, -0.2) is 47.7 Å². The maximum Gasteiger partial charge on any atom is 0.318 e. The van der Waals surface area contributed by atoms with Crippen LogP contribution in [0.15, 0.2) is 18.3 Å². The summed E-state index contributed by atoms with van der Waals surface area (Å²) in [6, 6.07) is 2.91. The van der Waals surface area contributed by atoms with Gasteiger partial charge in [-0.3, -0.25) is 4.79 Å². The molecule has 1 N–H and O–H groups in total. The van der Waals surface area contributed by atoms with E-state index < -0.39 is 11.6 Å². The molecule has 0 bridgehead atoms. The zero-order valence-corrected chi connectivity index (χ0v) is 17.0. The second-order valence-corrected chi connectivity index (χ2v) is 7.76. The van der Waals surface area contributed by atoms with Crippen molar-refractivity contribution in [3.63, 3.8) is 0 Å². The number of nitrogens with zero attached hydrogens (tertiary/aromatic N) is 4. The van der Waals surface area contributed by atoms with Crippen LogP contribution < -0.4 is 15.0 Å². The van der Waals surface area contributed by atoms with Crippen LogP contribution in [0.4, 0.5) is 26.1 Å². The van der Waals surface area contributed by atoms with E-state index in [0.717, 1.165) is 31.0 Å². The number of ether oxygens (including phenoxy) is 2. The predicted molar refractivity (Wildman–Crippen MR) is 105 cm³/mol. The molecule has 0 saturated heterocycles. The van der Waals surface area contributed by atoms with Gasteiger partial charge in [-0.05, 0) is 12.8 Å². The Labute approximate surface area is 172 Å². The number of amides is 1. The van der Waals surface area contributed by atoms with Crippen LogP contribution >= 0.6 is 0 Å². The maximum absolute atomic E-state index is 14.1. The molecule has 30 heavy (non-hydrogen) atoms. The third-order valence-electron chi connectivity index (χ3n) is 5.30. The van der Waals surface area contributed by atoms with Crippen LogP contribution in [0, 0.1) is 0 Å². The molecule has 1 spiro atoms. The summed E-state index contributed by atoms with van der Waals surface area (Å²) in [5.41, 5.74) is 1.34. The lowest BCUT2D eigenvalue weighted by molar-refractivity contribution is -0.114. The number of methoxy groups -OCH3 is 1. The number of rotatable bonds is 7. The summed E-state index contributed by atoms with van der Waals surface area (Å²) >= 11 is 0. The standard InChI is InChI=1S/C20H23F2N5O3/c1-12(28)24-16-8-14-13(10-23-16)20(4-5-20)11-27(14)17-9-15(19(2,21)22)25-18(26-17)30-7-6-29-3/h8-10H,4-7,11H2,1-3H3,(H,23,24,28). The van der Waals surface area contributed by atoms with Gasteiger partial charge in [-0.25, -0.2) is 4.98 Å². The van der Waals surface area contributed by atoms with Crippen molar-refractivity contribution in [2.45, 2.75) is 38.0 Å². The van der Waals surface area contributed by atoms with E-state index in [-0.39, 0.29) is 30.5 Å². The molecular weight excluding hydrogens is 396 g/mol. The van der Waals surface area contributed by atoms with E-state index in [2.05, 4.69) is 20.3 Å². The average Bonchev–Trinajstić information content (AvgIpc) is 3.38. The summed E-state index contributed by atoms with van der Waals surface area (Å²) in [6.07, 6.45) is 3.72. The molecule has 2 aromatic rings. The van der Waals surface area contributed by atoms with Crippen LogP contribution in [-0.2, 0) is 20.9 Å². The van der Waals surface area contributed by atoms with Gasteiger partial charge in [-0.1, -0.05) is 0 Å². The first-order valence-corrected chi connectivity index (χ1v) is 9.67. The Hall–Kier alpha value is -2.88. The van der Waals surface area contributed by atoms with Crippen LogP contribution in [0.5, 0.6) is 6.01 Å². The highest BCUT2D eigenvalue weighted by Gasteiger charge is 2.52. The first kappa shape index (κ1) is 20.4. The molecule has 3 heterocycles. The van der Waals surface area contributed by atoms with Gasteiger partial charge in [0.2, 0.25) is 5.91 Å². The molecular formula is C20H23F2N5O3. The lowest BCUT2D eigenvalue weighted by Crippen LogP contribution is -2.22. The quantitative estimate of drug-likeness (QED) is 0.690. The molecule has 1 fully saturated rings. The average molecular weight is 419 g/mol. The largest absolute Gasteiger partial charge is 0.461 e. The van der Waals surface area contributed by atoms with Crippen molar-refractivity contribution in [2.75, 3.05) is 37.1 Å². The van der Waals surface area contributed by atoms with Gasteiger partial charge in [0.25, 0.3) is 5.92 Å². The van der Waals surface area contributed by atoms with Crippen LogP contribution in [0.3, 0.4) is 0 Å². The van der Waals surface area contributed by atoms with Crippen molar-refractivity contribution in [1.29, 1.82) is 0 Å². The van der Waals surface area contributed by atoms with Gasteiger partial charge >= 0.3 is 6.01 Å². The highest BCUT2D eigenvalue weighted by molar-refractivity contribution is 5.89. The van der Waals surface area contributed by atoms with Gasteiger partial charge in [0.15, 0.2) is 0 Å². The highest BCUT2D eigenvalue weighted by Crippen LogP contribution is 2.58. The monoisotopic (exact) mass is 419 g/mol. The Balaban J connectivity index is 1.75. The first-order valence-electron chi connectivity index (χ1n) is 9.67. The molecule has 160 valence electrons. The van der Waals surface area contributed by atoms with Crippen molar-refractivity contribution in [3.8, 4) is 6.01 Å². The molecule has 0 atom stereocenters. The smallest absolute Gasteiger partial charge is 0.318 e. The van der Waals surface area contributed by atoms with Crippen molar-refractivity contribution >= 4 is 23.2 Å². The molecule has 4 rings (SSSR count). The molecule has 0 radical (unpaired) electrons. The van der Waals surface area contributed by atoms with Gasteiger partial charge in [-0.15, -0.1) is 0 Å². The summed E-state index contributed by atoms with van der Waals surface area (Å²) in [5.74, 6) is -2.68. The van der Waals surface area contributed by atoms with Gasteiger partial charge in [0, 0.05) is 56.8 Å². The summed E-state index contributed by atoms with van der Waals surface area (Å²) in [5, 5.41) is 2.67. The topological polar surface area (TPSA) is 89.5 Å². The van der Waals surface area contributed by atoms with Crippen LogP contribution in [0.25, 0.3) is 0 Å². The minimum atomic E-state index is -3.16. The van der Waals surface area contributed by atoms with Gasteiger partial charge in [0.1, 0.15) is 23.9 Å². The van der Waals surface area contributed by atoms with Crippen molar-refractivity contribution in [1.82, 2.24) is 15.0 Å². The number of hydrogen-bond donors (Lipinski definition) is 1. The number of carbonyl (C=O) groups is 1. The predicted octanol–water partition coefficient (Wildman–Crippen LogP) is 3.15. The van der Waals surface area contributed by atoms with E-state index >= 15 is 0 Å². The summed E-state index contributed by atoms with van der Waals surface area (Å²) in [7, 11) is 1.52. The minimum absolute atomic E-state index is 0.0615. The maximum atomic E-state index is 14.1. The molecule has 1 aliphatic carbocycles. The van der Waals surface area contributed by atoms with E-state index in [1.54, 1.807) is 12.3 Å². The Bertz CT molecular complexity index is 975. The van der Waals surface area contributed by atoms with E-state index in [1.807, 2.05) is 4.90 Å². The fourth-order valence-corrected chi connectivity index (χ4v) is 3.64. The third-order valence-corrected chi connectivity index (χ3v) is 5.30. The lowest BCUT2D eigenvalue weighted by atomic mass is 10.0. The first-order chi connectivity index (χ1) is 14.2. The molecule has 1 saturated carbocycles. The number of halogens is 2. The lowest BCUT2D eigenvalue weighted by Gasteiger charge is -2.21. The van der Waals surface area contributed by atoms with Gasteiger partial charge in [-0.2, -0.15) is 18.7 Å². The summed E-state index contributed by atoms with van der Waals surface area (Å²) in [6.45, 7) is 3.21.